The zero-order valence-electron chi connectivity index (χ0n) is 21.7. The molecule has 1 aromatic carbocycles. The van der Waals surface area contributed by atoms with Crippen LogP contribution in [0.1, 0.15) is 73.1 Å². The summed E-state index contributed by atoms with van der Waals surface area (Å²) in [6, 6.07) is 10.4. The number of aromatic hydroxyl groups is 1. The third-order valence-corrected chi connectivity index (χ3v) is 10.4. The Bertz CT molecular complexity index is 1250. The van der Waals surface area contributed by atoms with Gasteiger partial charge in [0, 0.05) is 23.5 Å². The molecule has 2 fully saturated rings. The van der Waals surface area contributed by atoms with Crippen molar-refractivity contribution in [3.63, 3.8) is 0 Å². The van der Waals surface area contributed by atoms with Crippen LogP contribution in [0.3, 0.4) is 0 Å². The lowest BCUT2D eigenvalue weighted by molar-refractivity contribution is -0.116. The Labute approximate surface area is 222 Å². The molecule has 3 aliphatic carbocycles. The first-order valence-corrected chi connectivity index (χ1v) is 14.5. The number of anilines is 1. The van der Waals surface area contributed by atoms with Crippen molar-refractivity contribution in [2.45, 2.75) is 77.3 Å². The molecule has 6 rings (SSSR count). The third-order valence-electron chi connectivity index (χ3n) is 9.56. The molecular formula is C30H37N3O3S. The van der Waals surface area contributed by atoms with Crippen LogP contribution in [0.4, 0.5) is 5.13 Å². The van der Waals surface area contributed by atoms with Gasteiger partial charge in [-0.15, -0.1) is 11.3 Å². The quantitative estimate of drug-likeness (QED) is 0.336. The monoisotopic (exact) mass is 519 g/mol. The van der Waals surface area contributed by atoms with E-state index in [-0.39, 0.29) is 11.3 Å². The molecule has 0 spiro atoms. The van der Waals surface area contributed by atoms with Gasteiger partial charge in [0.1, 0.15) is 11.5 Å². The Balaban J connectivity index is 1.23. The van der Waals surface area contributed by atoms with Crippen molar-refractivity contribution in [1.29, 1.82) is 0 Å². The molecule has 3 aromatic rings. The number of phenols is 1. The van der Waals surface area contributed by atoms with Crippen molar-refractivity contribution >= 4 is 22.4 Å². The lowest BCUT2D eigenvalue weighted by atomic mass is 9.53. The second-order valence-electron chi connectivity index (χ2n) is 11.6. The molecule has 1 amide bonds. The largest absolute Gasteiger partial charge is 0.508 e. The highest BCUT2D eigenvalue weighted by atomic mass is 32.1. The molecule has 3 unspecified atom stereocenters. The Morgan fingerprint density at radius 1 is 1.30 bits per heavy atom. The molecule has 6 nitrogen and oxygen atoms in total. The Kier molecular flexibility index (Phi) is 6.61. The van der Waals surface area contributed by atoms with Gasteiger partial charge in [0.15, 0.2) is 5.13 Å². The normalized spacial score (nSPS) is 30.4. The predicted molar refractivity (Wildman–Crippen MR) is 146 cm³/mol. The van der Waals surface area contributed by atoms with E-state index >= 15 is 0 Å². The van der Waals surface area contributed by atoms with Crippen molar-refractivity contribution in [1.82, 2.24) is 10.3 Å². The van der Waals surface area contributed by atoms with Gasteiger partial charge in [0.25, 0.3) is 0 Å². The number of nitrogens with one attached hydrogen (secondary N) is 2. The number of rotatable bonds is 7. The maximum absolute atomic E-state index is 12.9. The summed E-state index contributed by atoms with van der Waals surface area (Å²) in [5.74, 6) is 3.63. The molecule has 2 aromatic heterocycles. The van der Waals surface area contributed by atoms with Gasteiger partial charge in [-0.2, -0.15) is 0 Å². The van der Waals surface area contributed by atoms with Gasteiger partial charge in [-0.3, -0.25) is 4.79 Å². The zero-order valence-corrected chi connectivity index (χ0v) is 22.5. The lowest BCUT2D eigenvalue weighted by Gasteiger charge is -2.52. The number of hydrogen-bond acceptors (Lipinski definition) is 6. The summed E-state index contributed by atoms with van der Waals surface area (Å²) in [5, 5.41) is 17.6. The second kappa shape index (κ2) is 9.91. The van der Waals surface area contributed by atoms with Crippen molar-refractivity contribution < 1.29 is 14.3 Å². The van der Waals surface area contributed by atoms with Gasteiger partial charge in [0.2, 0.25) is 5.91 Å². The van der Waals surface area contributed by atoms with Crippen LogP contribution >= 0.6 is 11.3 Å². The first-order valence-electron chi connectivity index (χ1n) is 13.7. The highest BCUT2D eigenvalue weighted by molar-refractivity contribution is 7.15. The molecule has 0 saturated heterocycles. The van der Waals surface area contributed by atoms with E-state index in [0.717, 1.165) is 42.9 Å². The second-order valence-corrected chi connectivity index (χ2v) is 12.9. The third kappa shape index (κ3) is 4.72. The summed E-state index contributed by atoms with van der Waals surface area (Å²) in [4.78, 5) is 18.3. The van der Waals surface area contributed by atoms with E-state index in [9.17, 15) is 9.90 Å². The van der Waals surface area contributed by atoms with Gasteiger partial charge < -0.3 is 20.2 Å². The number of amides is 1. The van der Waals surface area contributed by atoms with E-state index in [2.05, 4.69) is 28.6 Å². The van der Waals surface area contributed by atoms with Crippen LogP contribution in [-0.2, 0) is 17.8 Å². The zero-order chi connectivity index (χ0) is 25.6. The molecule has 0 radical (unpaired) electrons. The summed E-state index contributed by atoms with van der Waals surface area (Å²) in [7, 11) is 0. The van der Waals surface area contributed by atoms with Crippen molar-refractivity contribution in [2.75, 3.05) is 5.32 Å². The Hall–Kier alpha value is -2.64. The molecule has 2 saturated carbocycles. The molecule has 0 bridgehead atoms. The van der Waals surface area contributed by atoms with Gasteiger partial charge in [0.05, 0.1) is 12.8 Å². The van der Waals surface area contributed by atoms with Crippen LogP contribution in [0, 0.1) is 30.1 Å². The van der Waals surface area contributed by atoms with Crippen LogP contribution < -0.4 is 10.6 Å². The number of nitrogens with zero attached hydrogens (tertiary/aromatic N) is 1. The number of carbonyl (C=O) groups excluding carboxylic acids is 1. The fourth-order valence-corrected chi connectivity index (χ4v) is 8.70. The fourth-order valence-electron chi connectivity index (χ4n) is 8.02. The summed E-state index contributed by atoms with van der Waals surface area (Å²) in [6.45, 7) is 5.25. The molecular weight excluding hydrogens is 482 g/mol. The van der Waals surface area contributed by atoms with E-state index in [4.69, 9.17) is 4.42 Å². The first-order chi connectivity index (χ1) is 17.9. The van der Waals surface area contributed by atoms with Crippen molar-refractivity contribution in [3.05, 3.63) is 64.6 Å². The number of aromatic nitrogens is 1. The van der Waals surface area contributed by atoms with E-state index in [0.29, 0.717) is 47.0 Å². The first kappa shape index (κ1) is 24.7. The van der Waals surface area contributed by atoms with Crippen LogP contribution in [0.5, 0.6) is 5.75 Å². The standard InChI is InChI=1S/C30H37N3O3S/c1-18-16-32-29(37-18)33-27(35)10-6-20-15-26(31-17-22-4-3-13-36-22)30(2)12-11-24-23-9-7-21(34)14-19(23)5-8-25(24)28(20)30/h3-4,7,9,13-14,16,20,24-26,28,31,34H,5-6,8,10-12,15,17H2,1-2H3,(H,32,33,35)/t20-,24?,25?,26+,28?,30-/m1/s1. The molecule has 2 heterocycles. The Morgan fingerprint density at radius 2 is 2.19 bits per heavy atom. The molecule has 196 valence electrons. The molecule has 7 heteroatoms. The lowest BCUT2D eigenvalue weighted by Crippen LogP contribution is -2.49. The maximum atomic E-state index is 12.9. The summed E-state index contributed by atoms with van der Waals surface area (Å²) >= 11 is 1.53. The number of fused-ring (bicyclic) bond motifs is 5. The molecule has 6 atom stereocenters. The molecule has 0 aliphatic heterocycles. The molecule has 3 aliphatic rings. The molecule has 3 N–H and O–H groups in total. The highest BCUT2D eigenvalue weighted by Crippen LogP contribution is 2.63. The summed E-state index contributed by atoms with van der Waals surface area (Å²) < 4.78 is 5.62. The number of phenolic OH excluding ortho intramolecular Hbond substituents is 1. The van der Waals surface area contributed by atoms with Crippen molar-refractivity contribution in [3.8, 4) is 5.75 Å². The van der Waals surface area contributed by atoms with Crippen molar-refractivity contribution in [2.24, 2.45) is 23.2 Å². The average molecular weight is 520 g/mol. The number of furan rings is 1. The van der Waals surface area contributed by atoms with Gasteiger partial charge in [-0.05, 0) is 110 Å². The highest BCUT2D eigenvalue weighted by Gasteiger charge is 2.58. The van der Waals surface area contributed by atoms with Crippen LogP contribution in [-0.4, -0.2) is 22.0 Å². The SMILES string of the molecule is Cc1cnc(NC(=O)CC[C@@H]2C[C@H](NCc3ccco3)[C@@]3(C)CCC4c5ccc(O)cc5CCC4C23)s1. The number of hydrogen-bond donors (Lipinski definition) is 3. The Morgan fingerprint density at radius 3 is 2.97 bits per heavy atom. The number of carbonyl (C=O) groups is 1. The summed E-state index contributed by atoms with van der Waals surface area (Å²) in [5.41, 5.74) is 2.96. The van der Waals surface area contributed by atoms with Crippen LogP contribution in [0.25, 0.3) is 0 Å². The van der Waals surface area contributed by atoms with E-state index in [1.807, 2.05) is 31.2 Å². The number of thiazole rings is 1. The fraction of sp³-hybridized carbons (Fsp3) is 0.533. The minimum absolute atomic E-state index is 0.0693. The smallest absolute Gasteiger partial charge is 0.226 e. The predicted octanol–water partition coefficient (Wildman–Crippen LogP) is 6.41. The maximum Gasteiger partial charge on any atom is 0.226 e. The number of benzene rings is 1. The molecule has 37 heavy (non-hydrogen) atoms. The van der Waals surface area contributed by atoms with E-state index in [1.54, 1.807) is 12.5 Å². The minimum Gasteiger partial charge on any atom is -0.508 e. The van der Waals surface area contributed by atoms with E-state index in [1.165, 1.54) is 35.3 Å². The number of aryl methyl sites for hydroxylation is 2. The van der Waals surface area contributed by atoms with Crippen LogP contribution in [0.2, 0.25) is 0 Å². The van der Waals surface area contributed by atoms with Gasteiger partial charge in [-0.25, -0.2) is 4.98 Å². The van der Waals surface area contributed by atoms with Gasteiger partial charge in [-0.1, -0.05) is 13.0 Å². The topological polar surface area (TPSA) is 87.4 Å². The summed E-state index contributed by atoms with van der Waals surface area (Å²) in [6.07, 6.45) is 10.6. The minimum atomic E-state index is 0.0693. The van der Waals surface area contributed by atoms with E-state index < -0.39 is 0 Å². The average Bonchev–Trinajstić information content (AvgIpc) is 3.60. The van der Waals surface area contributed by atoms with Crippen LogP contribution in [0.15, 0.2) is 47.2 Å². The van der Waals surface area contributed by atoms with Gasteiger partial charge >= 0.3 is 0 Å².